The van der Waals surface area contributed by atoms with E-state index in [0.29, 0.717) is 6.61 Å². The third-order valence-corrected chi connectivity index (χ3v) is 3.04. The first-order valence-electron chi connectivity index (χ1n) is 6.40. The van der Waals surface area contributed by atoms with Gasteiger partial charge in [-0.15, -0.1) is 0 Å². The summed E-state index contributed by atoms with van der Waals surface area (Å²) in [6.07, 6.45) is 1.53. The molecular formula is C12H24O5. The highest BCUT2D eigenvalue weighted by Gasteiger charge is 2.40. The molecule has 0 aromatic carbocycles. The average Bonchev–Trinajstić information content (AvgIpc) is 2.70. The largest absolute Gasteiger partial charge is 0.394 e. The molecule has 1 fully saturated rings. The van der Waals surface area contributed by atoms with E-state index in [4.69, 9.17) is 14.6 Å². The lowest BCUT2D eigenvalue weighted by atomic mass is 10.1. The van der Waals surface area contributed by atoms with Gasteiger partial charge in [0.15, 0.2) is 0 Å². The van der Waals surface area contributed by atoms with E-state index in [9.17, 15) is 10.2 Å². The van der Waals surface area contributed by atoms with E-state index in [-0.39, 0.29) is 13.2 Å². The van der Waals surface area contributed by atoms with Gasteiger partial charge in [0, 0.05) is 6.61 Å². The number of aliphatic hydroxyl groups is 3. The van der Waals surface area contributed by atoms with Gasteiger partial charge in [0.1, 0.15) is 24.4 Å². The van der Waals surface area contributed by atoms with E-state index in [1.54, 1.807) is 0 Å². The second-order valence-corrected chi connectivity index (χ2v) is 4.51. The molecule has 1 saturated heterocycles. The van der Waals surface area contributed by atoms with Gasteiger partial charge in [-0.3, -0.25) is 0 Å². The highest BCUT2D eigenvalue weighted by atomic mass is 16.6. The molecule has 4 atom stereocenters. The summed E-state index contributed by atoms with van der Waals surface area (Å²) in [5, 5.41) is 28.1. The summed E-state index contributed by atoms with van der Waals surface area (Å²) in [5.41, 5.74) is 0. The van der Waals surface area contributed by atoms with Crippen molar-refractivity contribution in [3.8, 4) is 0 Å². The molecule has 0 aliphatic carbocycles. The lowest BCUT2D eigenvalue weighted by molar-refractivity contribution is -0.0937. The zero-order valence-corrected chi connectivity index (χ0v) is 10.4. The predicted molar refractivity (Wildman–Crippen MR) is 62.7 cm³/mol. The number of hydrogen-bond acceptors (Lipinski definition) is 5. The summed E-state index contributed by atoms with van der Waals surface area (Å²) in [6, 6.07) is 0. The van der Waals surface area contributed by atoms with Gasteiger partial charge in [0.25, 0.3) is 0 Å². The molecule has 5 heteroatoms. The van der Waals surface area contributed by atoms with Crippen LogP contribution in [0.2, 0.25) is 0 Å². The van der Waals surface area contributed by atoms with Crippen molar-refractivity contribution in [3.63, 3.8) is 0 Å². The van der Waals surface area contributed by atoms with Crippen LogP contribution in [0.3, 0.4) is 0 Å². The molecule has 0 radical (unpaired) electrons. The minimum absolute atomic E-state index is 0.154. The summed E-state index contributed by atoms with van der Waals surface area (Å²) >= 11 is 0. The predicted octanol–water partition coefficient (Wildman–Crippen LogP) is 0.0648. The Balaban J connectivity index is 2.27. The van der Waals surface area contributed by atoms with Crippen molar-refractivity contribution in [3.05, 3.63) is 0 Å². The van der Waals surface area contributed by atoms with Crippen LogP contribution >= 0.6 is 0 Å². The SMILES string of the molecule is CCCCCCO[C@H]1[C@@H]([C@H](O)CO)OC[C@@H]1O. The summed E-state index contributed by atoms with van der Waals surface area (Å²) in [6.45, 7) is 2.47. The molecule has 0 unspecified atom stereocenters. The minimum Gasteiger partial charge on any atom is -0.394 e. The molecule has 0 spiro atoms. The maximum absolute atomic E-state index is 9.66. The van der Waals surface area contributed by atoms with E-state index in [2.05, 4.69) is 6.92 Å². The quantitative estimate of drug-likeness (QED) is 0.530. The first-order chi connectivity index (χ1) is 8.20. The van der Waals surface area contributed by atoms with Crippen molar-refractivity contribution < 1.29 is 24.8 Å². The Morgan fingerprint density at radius 3 is 2.76 bits per heavy atom. The van der Waals surface area contributed by atoms with Crippen LogP contribution in [-0.2, 0) is 9.47 Å². The van der Waals surface area contributed by atoms with Gasteiger partial charge >= 0.3 is 0 Å². The zero-order chi connectivity index (χ0) is 12.7. The molecule has 3 N–H and O–H groups in total. The maximum Gasteiger partial charge on any atom is 0.114 e. The van der Waals surface area contributed by atoms with Gasteiger partial charge in [0.05, 0.1) is 13.2 Å². The standard InChI is InChI=1S/C12H24O5/c1-2-3-4-5-6-16-12-10(15)8-17-11(12)9(14)7-13/h9-15H,2-8H2,1H3/t9-,10+,11-,12-/m1/s1. The minimum atomic E-state index is -0.993. The Kier molecular flexibility index (Phi) is 6.99. The summed E-state index contributed by atoms with van der Waals surface area (Å²) in [5.74, 6) is 0. The van der Waals surface area contributed by atoms with Crippen molar-refractivity contribution in [1.82, 2.24) is 0 Å². The molecule has 5 nitrogen and oxygen atoms in total. The Hall–Kier alpha value is -0.200. The lowest BCUT2D eigenvalue weighted by Gasteiger charge is -2.23. The number of aliphatic hydroxyl groups excluding tert-OH is 3. The fourth-order valence-corrected chi connectivity index (χ4v) is 2.01. The van der Waals surface area contributed by atoms with Crippen LogP contribution in [0, 0.1) is 0 Å². The van der Waals surface area contributed by atoms with Crippen molar-refractivity contribution in [2.24, 2.45) is 0 Å². The summed E-state index contributed by atoms with van der Waals surface area (Å²) in [4.78, 5) is 0. The molecule has 0 bridgehead atoms. The highest BCUT2D eigenvalue weighted by molar-refractivity contribution is 4.89. The Morgan fingerprint density at radius 1 is 1.35 bits per heavy atom. The normalized spacial score (nSPS) is 30.7. The van der Waals surface area contributed by atoms with Crippen molar-refractivity contribution in [2.45, 2.75) is 57.0 Å². The van der Waals surface area contributed by atoms with Crippen LogP contribution < -0.4 is 0 Å². The molecule has 0 saturated carbocycles. The number of hydrogen-bond donors (Lipinski definition) is 3. The second kappa shape index (κ2) is 8.00. The lowest BCUT2D eigenvalue weighted by Crippen LogP contribution is -2.42. The van der Waals surface area contributed by atoms with Crippen molar-refractivity contribution in [1.29, 1.82) is 0 Å². The molecule has 0 aromatic heterocycles. The van der Waals surface area contributed by atoms with Gasteiger partial charge in [-0.05, 0) is 6.42 Å². The van der Waals surface area contributed by atoms with E-state index >= 15 is 0 Å². The number of rotatable bonds is 8. The van der Waals surface area contributed by atoms with Crippen LogP contribution in [0.15, 0.2) is 0 Å². The van der Waals surface area contributed by atoms with Crippen molar-refractivity contribution in [2.75, 3.05) is 19.8 Å². The van der Waals surface area contributed by atoms with Gasteiger partial charge in [-0.2, -0.15) is 0 Å². The first kappa shape index (κ1) is 14.9. The Bertz CT molecular complexity index is 199. The topological polar surface area (TPSA) is 79.2 Å². The third kappa shape index (κ3) is 4.52. The summed E-state index contributed by atoms with van der Waals surface area (Å²) < 4.78 is 10.8. The van der Waals surface area contributed by atoms with E-state index in [1.165, 1.54) is 12.8 Å². The molecule has 102 valence electrons. The first-order valence-corrected chi connectivity index (χ1v) is 6.40. The van der Waals surface area contributed by atoms with E-state index in [0.717, 1.165) is 12.8 Å². The molecule has 1 rings (SSSR count). The molecular weight excluding hydrogens is 224 g/mol. The van der Waals surface area contributed by atoms with Gasteiger partial charge in [-0.25, -0.2) is 0 Å². The van der Waals surface area contributed by atoms with Gasteiger partial charge < -0.3 is 24.8 Å². The Morgan fingerprint density at radius 2 is 2.12 bits per heavy atom. The molecule has 17 heavy (non-hydrogen) atoms. The van der Waals surface area contributed by atoms with Crippen LogP contribution in [0.4, 0.5) is 0 Å². The molecule has 0 amide bonds. The Labute approximate surface area is 102 Å². The molecule has 0 aromatic rings. The van der Waals surface area contributed by atoms with Gasteiger partial charge in [0.2, 0.25) is 0 Å². The number of ether oxygens (including phenoxy) is 2. The molecule has 1 heterocycles. The van der Waals surface area contributed by atoms with Crippen LogP contribution in [-0.4, -0.2) is 59.6 Å². The van der Waals surface area contributed by atoms with Crippen LogP contribution in [0.1, 0.15) is 32.6 Å². The summed E-state index contributed by atoms with van der Waals surface area (Å²) in [7, 11) is 0. The van der Waals surface area contributed by atoms with Crippen LogP contribution in [0.5, 0.6) is 0 Å². The highest BCUT2D eigenvalue weighted by Crippen LogP contribution is 2.21. The fraction of sp³-hybridized carbons (Fsp3) is 1.00. The molecule has 1 aliphatic rings. The maximum atomic E-state index is 9.66. The third-order valence-electron chi connectivity index (χ3n) is 3.04. The smallest absolute Gasteiger partial charge is 0.114 e. The van der Waals surface area contributed by atoms with E-state index in [1.807, 2.05) is 0 Å². The van der Waals surface area contributed by atoms with Crippen LogP contribution in [0.25, 0.3) is 0 Å². The van der Waals surface area contributed by atoms with Crippen molar-refractivity contribution >= 4 is 0 Å². The average molecular weight is 248 g/mol. The zero-order valence-electron chi connectivity index (χ0n) is 10.4. The molecule has 1 aliphatic heterocycles. The van der Waals surface area contributed by atoms with Gasteiger partial charge in [-0.1, -0.05) is 26.2 Å². The monoisotopic (exact) mass is 248 g/mol. The van der Waals surface area contributed by atoms with E-state index < -0.39 is 24.4 Å². The fourth-order valence-electron chi connectivity index (χ4n) is 2.01. The second-order valence-electron chi connectivity index (χ2n) is 4.51. The number of unbranched alkanes of at least 4 members (excludes halogenated alkanes) is 3.